The molecule has 2 aromatic carbocycles. The first kappa shape index (κ1) is 22.6. The minimum absolute atomic E-state index is 0.0567. The van der Waals surface area contributed by atoms with Gasteiger partial charge in [-0.05, 0) is 55.4 Å². The quantitative estimate of drug-likeness (QED) is 0.689. The number of sulfonamides is 1. The second kappa shape index (κ2) is 9.78. The molecule has 0 unspecified atom stereocenters. The van der Waals surface area contributed by atoms with Crippen molar-refractivity contribution in [3.8, 4) is 11.5 Å². The monoisotopic (exact) mass is 433 g/mol. The summed E-state index contributed by atoms with van der Waals surface area (Å²) in [6.45, 7) is 5.81. The topological polar surface area (TPSA) is 71.1 Å². The molecule has 1 fully saturated rings. The van der Waals surface area contributed by atoms with Crippen molar-refractivity contribution in [2.24, 2.45) is 0 Å². The number of benzene rings is 2. The van der Waals surface area contributed by atoms with E-state index >= 15 is 0 Å². The van der Waals surface area contributed by atoms with Gasteiger partial charge < -0.3 is 14.4 Å². The molecule has 1 aliphatic heterocycles. The van der Waals surface area contributed by atoms with E-state index in [2.05, 4.69) is 21.6 Å². The molecule has 0 saturated carbocycles. The smallest absolute Gasteiger partial charge is 0.240 e. The standard InChI is InChI=1S/C22H31N3O4S/c1-17-15-20(9-10-22(17)29-4)30(26,27)23-16-21(25-13-11-24(2)12-14-25)18-5-7-19(28-3)8-6-18/h5-10,15,21,23H,11-14,16H2,1-4H3/t21-/m0/s1. The third-order valence-electron chi connectivity index (χ3n) is 5.62. The summed E-state index contributed by atoms with van der Waals surface area (Å²) >= 11 is 0. The number of methoxy groups -OCH3 is 2. The van der Waals surface area contributed by atoms with Gasteiger partial charge in [-0.25, -0.2) is 13.1 Å². The molecule has 8 heteroatoms. The molecule has 0 aromatic heterocycles. The number of nitrogens with zero attached hydrogens (tertiary/aromatic N) is 2. The highest BCUT2D eigenvalue weighted by atomic mass is 32.2. The summed E-state index contributed by atoms with van der Waals surface area (Å²) < 4.78 is 39.2. The third-order valence-corrected chi connectivity index (χ3v) is 7.04. The zero-order valence-electron chi connectivity index (χ0n) is 18.1. The Morgan fingerprint density at radius 2 is 1.67 bits per heavy atom. The molecule has 7 nitrogen and oxygen atoms in total. The minimum atomic E-state index is -3.64. The van der Waals surface area contributed by atoms with Crippen LogP contribution in [0.3, 0.4) is 0 Å². The first-order valence-corrected chi connectivity index (χ1v) is 11.5. The number of hydrogen-bond donors (Lipinski definition) is 1. The number of ether oxygens (including phenoxy) is 2. The first-order chi connectivity index (χ1) is 14.3. The molecule has 2 aromatic rings. The first-order valence-electron chi connectivity index (χ1n) is 10.0. The molecule has 1 atom stereocenters. The number of nitrogens with one attached hydrogen (secondary N) is 1. The maximum atomic E-state index is 13.0. The van der Waals surface area contributed by atoms with E-state index in [1.54, 1.807) is 32.4 Å². The highest BCUT2D eigenvalue weighted by Crippen LogP contribution is 2.25. The van der Waals surface area contributed by atoms with E-state index in [0.717, 1.165) is 43.1 Å². The van der Waals surface area contributed by atoms with Gasteiger partial charge in [-0.2, -0.15) is 0 Å². The lowest BCUT2D eigenvalue weighted by molar-refractivity contribution is 0.113. The van der Waals surface area contributed by atoms with Gasteiger partial charge in [-0.3, -0.25) is 4.90 Å². The van der Waals surface area contributed by atoms with Crippen molar-refractivity contribution in [2.75, 3.05) is 54.0 Å². The van der Waals surface area contributed by atoms with E-state index in [-0.39, 0.29) is 10.9 Å². The number of rotatable bonds is 8. The van der Waals surface area contributed by atoms with Crippen LogP contribution in [0.2, 0.25) is 0 Å². The van der Waals surface area contributed by atoms with Crippen LogP contribution in [0.1, 0.15) is 17.2 Å². The molecule has 0 bridgehead atoms. The van der Waals surface area contributed by atoms with Crippen molar-refractivity contribution in [3.63, 3.8) is 0 Å². The number of likely N-dealkylation sites (N-methyl/N-ethyl adjacent to an activating group) is 1. The molecule has 1 heterocycles. The molecular weight excluding hydrogens is 402 g/mol. The van der Waals surface area contributed by atoms with Crippen LogP contribution in [0.5, 0.6) is 11.5 Å². The summed E-state index contributed by atoms with van der Waals surface area (Å²) in [6.07, 6.45) is 0. The molecule has 0 radical (unpaired) electrons. The van der Waals surface area contributed by atoms with Crippen LogP contribution in [0, 0.1) is 6.92 Å². The van der Waals surface area contributed by atoms with Crippen molar-refractivity contribution >= 4 is 10.0 Å². The molecule has 1 N–H and O–H groups in total. The second-order valence-corrected chi connectivity index (χ2v) is 9.38. The minimum Gasteiger partial charge on any atom is -0.497 e. The lowest BCUT2D eigenvalue weighted by Gasteiger charge is -2.38. The Hall–Kier alpha value is -2.13. The van der Waals surface area contributed by atoms with Gasteiger partial charge in [0, 0.05) is 38.8 Å². The number of hydrogen-bond acceptors (Lipinski definition) is 6. The van der Waals surface area contributed by atoms with Crippen molar-refractivity contribution < 1.29 is 17.9 Å². The fourth-order valence-corrected chi connectivity index (χ4v) is 4.83. The second-order valence-electron chi connectivity index (χ2n) is 7.61. The summed E-state index contributed by atoms with van der Waals surface area (Å²) in [5.74, 6) is 1.45. The molecule has 1 aliphatic rings. The van der Waals surface area contributed by atoms with Crippen LogP contribution in [0.15, 0.2) is 47.4 Å². The van der Waals surface area contributed by atoms with Crippen LogP contribution in [0.25, 0.3) is 0 Å². The number of piperazine rings is 1. The summed E-state index contributed by atoms with van der Waals surface area (Å²) in [5, 5.41) is 0. The SMILES string of the molecule is COc1ccc([C@H](CNS(=O)(=O)c2ccc(OC)c(C)c2)N2CCN(C)CC2)cc1. The Balaban J connectivity index is 1.80. The van der Waals surface area contributed by atoms with Crippen molar-refractivity contribution in [3.05, 3.63) is 53.6 Å². The summed E-state index contributed by atoms with van der Waals surface area (Å²) in [5.41, 5.74) is 1.85. The fourth-order valence-electron chi connectivity index (χ4n) is 3.71. The Labute approximate surface area is 179 Å². The zero-order chi connectivity index (χ0) is 21.7. The molecule has 164 valence electrons. The summed E-state index contributed by atoms with van der Waals surface area (Å²) in [4.78, 5) is 4.86. The average Bonchev–Trinajstić information content (AvgIpc) is 2.75. The molecule has 0 aliphatic carbocycles. The predicted molar refractivity (Wildman–Crippen MR) is 118 cm³/mol. The van der Waals surface area contributed by atoms with E-state index in [1.807, 2.05) is 31.2 Å². The van der Waals surface area contributed by atoms with Gasteiger partial charge in [0.15, 0.2) is 0 Å². The maximum absolute atomic E-state index is 13.0. The van der Waals surface area contributed by atoms with Crippen LogP contribution in [0.4, 0.5) is 0 Å². The van der Waals surface area contributed by atoms with Crippen LogP contribution < -0.4 is 14.2 Å². The maximum Gasteiger partial charge on any atom is 0.240 e. The number of aryl methyl sites for hydroxylation is 1. The van der Waals surface area contributed by atoms with Gasteiger partial charge in [-0.1, -0.05) is 12.1 Å². The molecule has 30 heavy (non-hydrogen) atoms. The Morgan fingerprint density at radius 3 is 2.23 bits per heavy atom. The van der Waals surface area contributed by atoms with Gasteiger partial charge in [0.25, 0.3) is 0 Å². The van der Waals surface area contributed by atoms with Crippen LogP contribution in [-0.4, -0.2) is 72.2 Å². The lowest BCUT2D eigenvalue weighted by Crippen LogP contribution is -2.48. The van der Waals surface area contributed by atoms with E-state index in [4.69, 9.17) is 9.47 Å². The summed E-state index contributed by atoms with van der Waals surface area (Å²) in [6, 6.07) is 12.7. The van der Waals surface area contributed by atoms with E-state index in [9.17, 15) is 8.42 Å². The van der Waals surface area contributed by atoms with Gasteiger partial charge in [0.05, 0.1) is 19.1 Å². The van der Waals surface area contributed by atoms with Gasteiger partial charge in [0.1, 0.15) is 11.5 Å². The van der Waals surface area contributed by atoms with Crippen molar-refractivity contribution in [1.29, 1.82) is 0 Å². The largest absolute Gasteiger partial charge is 0.497 e. The van der Waals surface area contributed by atoms with Crippen LogP contribution in [-0.2, 0) is 10.0 Å². The molecular formula is C22H31N3O4S. The van der Waals surface area contributed by atoms with Gasteiger partial charge in [0.2, 0.25) is 10.0 Å². The lowest BCUT2D eigenvalue weighted by atomic mass is 10.0. The van der Waals surface area contributed by atoms with Crippen molar-refractivity contribution in [2.45, 2.75) is 17.9 Å². The summed E-state index contributed by atoms with van der Waals surface area (Å²) in [7, 11) is 1.68. The molecule has 3 rings (SSSR count). The Kier molecular flexibility index (Phi) is 7.36. The van der Waals surface area contributed by atoms with E-state index in [0.29, 0.717) is 12.3 Å². The Bertz CT molecular complexity index is 939. The molecule has 0 spiro atoms. The average molecular weight is 434 g/mol. The zero-order valence-corrected chi connectivity index (χ0v) is 18.9. The fraction of sp³-hybridized carbons (Fsp3) is 0.455. The van der Waals surface area contributed by atoms with Crippen molar-refractivity contribution in [1.82, 2.24) is 14.5 Å². The van der Waals surface area contributed by atoms with E-state index in [1.165, 1.54) is 0 Å². The third kappa shape index (κ3) is 5.31. The van der Waals surface area contributed by atoms with Gasteiger partial charge in [-0.15, -0.1) is 0 Å². The normalized spacial score (nSPS) is 16.9. The molecule has 1 saturated heterocycles. The predicted octanol–water partition coefficient (Wildman–Crippen LogP) is 2.28. The Morgan fingerprint density at radius 1 is 1.00 bits per heavy atom. The highest BCUT2D eigenvalue weighted by Gasteiger charge is 2.26. The van der Waals surface area contributed by atoms with Crippen LogP contribution >= 0.6 is 0 Å². The highest BCUT2D eigenvalue weighted by molar-refractivity contribution is 7.89. The van der Waals surface area contributed by atoms with E-state index < -0.39 is 10.0 Å². The van der Waals surface area contributed by atoms with Gasteiger partial charge >= 0.3 is 0 Å². The molecule has 0 amide bonds.